The first kappa shape index (κ1) is 16.3. The topological polar surface area (TPSA) is 75.7 Å². The van der Waals surface area contributed by atoms with Gasteiger partial charge in [0.25, 0.3) is 5.91 Å². The number of hydrogen-bond acceptors (Lipinski definition) is 4. The predicted octanol–water partition coefficient (Wildman–Crippen LogP) is 1.97. The average molecular weight is 350 g/mol. The van der Waals surface area contributed by atoms with Crippen molar-refractivity contribution in [3.8, 4) is 5.75 Å². The van der Waals surface area contributed by atoms with E-state index >= 15 is 0 Å². The van der Waals surface area contributed by atoms with Crippen LogP contribution in [0.3, 0.4) is 0 Å². The maximum absolute atomic E-state index is 12.6. The molecule has 2 aliphatic rings. The fourth-order valence-electron chi connectivity index (χ4n) is 3.45. The number of carbonyl (C=O) groups is 3. The molecule has 6 nitrogen and oxygen atoms in total. The van der Waals surface area contributed by atoms with E-state index in [1.807, 2.05) is 0 Å². The largest absolute Gasteiger partial charge is 0.490 e. The molecule has 0 fully saturated rings. The zero-order chi connectivity index (χ0) is 18.3. The van der Waals surface area contributed by atoms with Gasteiger partial charge in [-0.15, -0.1) is 0 Å². The van der Waals surface area contributed by atoms with Crippen LogP contribution in [0.25, 0.3) is 0 Å². The van der Waals surface area contributed by atoms with Crippen LogP contribution in [0.5, 0.6) is 5.75 Å². The highest BCUT2D eigenvalue weighted by Gasteiger charge is 2.30. The van der Waals surface area contributed by atoms with Gasteiger partial charge in [0.05, 0.1) is 5.56 Å². The molecule has 0 saturated carbocycles. The van der Waals surface area contributed by atoms with E-state index in [1.54, 1.807) is 47.4 Å². The van der Waals surface area contributed by atoms with E-state index in [2.05, 4.69) is 5.32 Å². The lowest BCUT2D eigenvalue weighted by atomic mass is 10.0. The number of benzene rings is 2. The molecule has 2 aromatic carbocycles. The van der Waals surface area contributed by atoms with Crippen molar-refractivity contribution in [2.24, 2.45) is 0 Å². The number of nitrogens with zero attached hydrogens (tertiary/aromatic N) is 1. The van der Waals surface area contributed by atoms with E-state index in [1.165, 1.54) is 6.92 Å². The number of Topliss-reactive ketones (excluding diaryl/α,β-unsaturated/α-hetero) is 1. The third kappa shape index (κ3) is 2.73. The molecule has 4 rings (SSSR count). The minimum atomic E-state index is -0.709. The molecule has 1 unspecified atom stereocenters. The number of ether oxygens (including phenoxy) is 1. The van der Waals surface area contributed by atoms with Gasteiger partial charge in [0.1, 0.15) is 18.4 Å². The van der Waals surface area contributed by atoms with Gasteiger partial charge in [0, 0.05) is 24.7 Å². The van der Waals surface area contributed by atoms with Crippen LogP contribution >= 0.6 is 0 Å². The Labute approximate surface area is 150 Å². The van der Waals surface area contributed by atoms with Gasteiger partial charge < -0.3 is 15.0 Å². The summed E-state index contributed by atoms with van der Waals surface area (Å²) < 4.78 is 5.58. The molecule has 0 aliphatic carbocycles. The molecule has 1 N–H and O–H groups in total. The predicted molar refractivity (Wildman–Crippen MR) is 95.7 cm³/mol. The quantitative estimate of drug-likeness (QED) is 0.898. The number of nitrogens with one attached hydrogen (secondary N) is 1. The van der Waals surface area contributed by atoms with Crippen molar-refractivity contribution < 1.29 is 19.1 Å². The molecule has 0 bridgehead atoms. The lowest BCUT2D eigenvalue weighted by Gasteiger charge is -2.24. The standard InChI is InChI=1S/C20H18N2O4/c1-12(23)22-9-8-13-10-14(6-7-17(13)22)20(25)21-16-11-26-18-5-3-2-4-15(18)19(16)24/h2-7,10,16H,8-9,11H2,1H3,(H,21,25). The highest BCUT2D eigenvalue weighted by molar-refractivity contribution is 6.07. The van der Waals surface area contributed by atoms with Crippen molar-refractivity contribution in [1.29, 1.82) is 0 Å². The van der Waals surface area contributed by atoms with Crippen LogP contribution in [-0.2, 0) is 11.2 Å². The van der Waals surface area contributed by atoms with Crippen molar-refractivity contribution in [3.63, 3.8) is 0 Å². The van der Waals surface area contributed by atoms with Crippen LogP contribution in [0.15, 0.2) is 42.5 Å². The molecule has 132 valence electrons. The minimum absolute atomic E-state index is 0.00966. The highest BCUT2D eigenvalue weighted by Crippen LogP contribution is 2.29. The Kier molecular flexibility index (Phi) is 3.95. The molecule has 0 radical (unpaired) electrons. The van der Waals surface area contributed by atoms with Crippen LogP contribution < -0.4 is 15.0 Å². The number of hydrogen-bond donors (Lipinski definition) is 1. The lowest BCUT2D eigenvalue weighted by molar-refractivity contribution is -0.116. The smallest absolute Gasteiger partial charge is 0.251 e. The molecule has 0 aromatic heterocycles. The Morgan fingerprint density at radius 3 is 2.81 bits per heavy atom. The molecule has 2 aliphatic heterocycles. The SMILES string of the molecule is CC(=O)N1CCc2cc(C(=O)NC3COc4ccccc4C3=O)ccc21. The number of amides is 2. The van der Waals surface area contributed by atoms with Gasteiger partial charge in [-0.05, 0) is 42.3 Å². The minimum Gasteiger partial charge on any atom is -0.490 e. The van der Waals surface area contributed by atoms with Gasteiger partial charge in [0.2, 0.25) is 5.91 Å². The molecule has 2 heterocycles. The molecular formula is C20H18N2O4. The summed E-state index contributed by atoms with van der Waals surface area (Å²) in [6, 6.07) is 11.6. The molecule has 2 aromatic rings. The Balaban J connectivity index is 1.51. The highest BCUT2D eigenvalue weighted by atomic mass is 16.5. The van der Waals surface area contributed by atoms with Crippen molar-refractivity contribution in [2.75, 3.05) is 18.1 Å². The third-order valence-corrected chi connectivity index (χ3v) is 4.80. The summed E-state index contributed by atoms with van der Waals surface area (Å²) in [5.74, 6) is 0.0638. The maximum atomic E-state index is 12.6. The monoisotopic (exact) mass is 350 g/mol. The van der Waals surface area contributed by atoms with Crippen molar-refractivity contribution >= 4 is 23.3 Å². The summed E-state index contributed by atoms with van der Waals surface area (Å²) in [6.07, 6.45) is 0.717. The van der Waals surface area contributed by atoms with E-state index < -0.39 is 6.04 Å². The van der Waals surface area contributed by atoms with E-state index in [0.717, 1.165) is 17.7 Å². The Bertz CT molecular complexity index is 922. The Hall–Kier alpha value is -3.15. The molecule has 0 saturated heterocycles. The average Bonchev–Trinajstić information content (AvgIpc) is 3.07. The zero-order valence-electron chi connectivity index (χ0n) is 14.3. The fraction of sp³-hybridized carbons (Fsp3) is 0.250. The van der Waals surface area contributed by atoms with Gasteiger partial charge in [-0.25, -0.2) is 0 Å². The summed E-state index contributed by atoms with van der Waals surface area (Å²) in [6.45, 7) is 2.27. The number of para-hydroxylation sites is 1. The van der Waals surface area contributed by atoms with E-state index in [4.69, 9.17) is 4.74 Å². The van der Waals surface area contributed by atoms with Gasteiger partial charge in [-0.3, -0.25) is 14.4 Å². The third-order valence-electron chi connectivity index (χ3n) is 4.80. The van der Waals surface area contributed by atoms with Crippen LogP contribution in [0.4, 0.5) is 5.69 Å². The van der Waals surface area contributed by atoms with Crippen LogP contribution in [-0.4, -0.2) is 36.8 Å². The Morgan fingerprint density at radius 2 is 2.00 bits per heavy atom. The summed E-state index contributed by atoms with van der Waals surface area (Å²) >= 11 is 0. The van der Waals surface area contributed by atoms with Gasteiger partial charge in [0.15, 0.2) is 5.78 Å². The van der Waals surface area contributed by atoms with Gasteiger partial charge in [-0.1, -0.05) is 12.1 Å². The molecule has 26 heavy (non-hydrogen) atoms. The van der Waals surface area contributed by atoms with Gasteiger partial charge in [-0.2, -0.15) is 0 Å². The first-order chi connectivity index (χ1) is 12.5. The van der Waals surface area contributed by atoms with Crippen molar-refractivity contribution in [2.45, 2.75) is 19.4 Å². The van der Waals surface area contributed by atoms with E-state index in [-0.39, 0.29) is 24.2 Å². The first-order valence-corrected chi connectivity index (χ1v) is 8.52. The van der Waals surface area contributed by atoms with Crippen LogP contribution in [0, 0.1) is 0 Å². The number of rotatable bonds is 2. The number of fused-ring (bicyclic) bond motifs is 2. The normalized spacial score (nSPS) is 18.0. The van der Waals surface area contributed by atoms with E-state index in [9.17, 15) is 14.4 Å². The molecule has 0 spiro atoms. The second-order valence-corrected chi connectivity index (χ2v) is 6.46. The molecule has 6 heteroatoms. The summed E-state index contributed by atoms with van der Waals surface area (Å²) in [5.41, 5.74) is 2.76. The number of ketones is 1. The van der Waals surface area contributed by atoms with Crippen LogP contribution in [0.1, 0.15) is 33.2 Å². The first-order valence-electron chi connectivity index (χ1n) is 8.52. The number of anilines is 1. The second-order valence-electron chi connectivity index (χ2n) is 6.46. The zero-order valence-corrected chi connectivity index (χ0v) is 14.3. The Morgan fingerprint density at radius 1 is 1.19 bits per heavy atom. The summed E-state index contributed by atoms with van der Waals surface area (Å²) in [5, 5.41) is 2.76. The number of carbonyl (C=O) groups excluding carboxylic acids is 3. The molecular weight excluding hydrogens is 332 g/mol. The molecule has 2 amide bonds. The molecule has 1 atom stereocenters. The van der Waals surface area contributed by atoms with Crippen molar-refractivity contribution in [1.82, 2.24) is 5.32 Å². The summed E-state index contributed by atoms with van der Waals surface area (Å²) in [7, 11) is 0. The lowest BCUT2D eigenvalue weighted by Crippen LogP contribution is -2.47. The van der Waals surface area contributed by atoms with Crippen LogP contribution in [0.2, 0.25) is 0 Å². The van der Waals surface area contributed by atoms with Gasteiger partial charge >= 0.3 is 0 Å². The maximum Gasteiger partial charge on any atom is 0.251 e. The fourth-order valence-corrected chi connectivity index (χ4v) is 3.45. The summed E-state index contributed by atoms with van der Waals surface area (Å²) in [4.78, 5) is 38.5. The van der Waals surface area contributed by atoms with E-state index in [0.29, 0.717) is 23.4 Å². The second kappa shape index (κ2) is 6.29. The van der Waals surface area contributed by atoms with Crippen molar-refractivity contribution in [3.05, 3.63) is 59.2 Å².